The van der Waals surface area contributed by atoms with Gasteiger partial charge in [0, 0.05) is 35.1 Å². The number of carbonyl (C=O) groups is 1. The number of hydrogen-bond acceptors (Lipinski definition) is 9. The second-order valence-corrected chi connectivity index (χ2v) is 12.7. The fraction of sp³-hybridized carbons (Fsp3) is 0.486. The molecule has 2 aliphatic carbocycles. The third-order valence-electron chi connectivity index (χ3n) is 8.72. The minimum absolute atomic E-state index is 0.246. The van der Waals surface area contributed by atoms with Gasteiger partial charge in [-0.3, -0.25) is 9.78 Å². The number of aliphatic hydroxyl groups is 5. The van der Waals surface area contributed by atoms with Gasteiger partial charge in [0.05, 0.1) is 24.9 Å². The molecular weight excluding hydrogens is 612 g/mol. The van der Waals surface area contributed by atoms with Gasteiger partial charge in [-0.25, -0.2) is 0 Å². The number of nitrogens with zero attached hydrogens (tertiary/aromatic N) is 1. The maximum atomic E-state index is 12.1. The van der Waals surface area contributed by atoms with Crippen LogP contribution in [0.1, 0.15) is 60.8 Å². The number of rotatable bonds is 17. The molecule has 1 heterocycles. The fourth-order valence-corrected chi connectivity index (χ4v) is 5.81. The number of aliphatic hydroxyl groups excluding tert-OH is 5. The first kappa shape index (κ1) is 34.3. The monoisotopic (exact) mass is 654 g/mol. The van der Waals surface area contributed by atoms with Gasteiger partial charge in [-0.15, -0.1) is 0 Å². The zero-order valence-electron chi connectivity index (χ0n) is 25.9. The molecule has 1 aromatic heterocycles. The van der Waals surface area contributed by atoms with Gasteiger partial charge in [-0.1, -0.05) is 35.9 Å². The van der Waals surface area contributed by atoms with E-state index in [1.165, 1.54) is 0 Å². The summed E-state index contributed by atoms with van der Waals surface area (Å²) in [7, 11) is 0. The van der Waals surface area contributed by atoms with E-state index < -0.39 is 42.5 Å². The number of pyridine rings is 1. The van der Waals surface area contributed by atoms with E-state index in [4.69, 9.17) is 26.2 Å². The van der Waals surface area contributed by atoms with Crippen LogP contribution in [0.4, 0.5) is 0 Å². The molecule has 6 N–H and O–H groups in total. The Morgan fingerprint density at radius 3 is 2.52 bits per heavy atom. The minimum atomic E-state index is -1.94. The second-order valence-electron chi connectivity index (χ2n) is 12.3. The fourth-order valence-electron chi connectivity index (χ4n) is 5.57. The molecule has 46 heavy (non-hydrogen) atoms. The maximum absolute atomic E-state index is 12.1. The summed E-state index contributed by atoms with van der Waals surface area (Å²) in [5.41, 5.74) is 5.81. The van der Waals surface area contributed by atoms with Gasteiger partial charge in [0.15, 0.2) is 6.10 Å². The number of hydrogen-bond donors (Lipinski definition) is 6. The topological polar surface area (TPSA) is 162 Å². The van der Waals surface area contributed by atoms with E-state index in [2.05, 4.69) is 22.4 Å². The number of carbonyl (C=O) groups excluding carboxylic acids is 1. The van der Waals surface area contributed by atoms with Crippen molar-refractivity contribution >= 4 is 17.5 Å². The molecule has 5 rings (SSSR count). The molecule has 11 heteroatoms. The standard InChI is InChI=1S/C35H43ClN2O8/c1-21-16-23(28(36)17-22(21)6-4-5-14-38-34(44)33(43)32(42)31(41)29(40)19-39)20-45-35(12-13-35)27-18-37-15-11-25(27)26-7-2-3-8-30(26)46-24-9-10-24/h2-3,7-8,11,15-18,24,29,31-33,39-43H,4-6,9-10,12-14,19-20H2,1H3,(H,38,44)/t29-,31+,32-,33-/m1/s1. The molecule has 0 bridgehead atoms. The molecule has 2 fully saturated rings. The molecule has 0 unspecified atom stereocenters. The van der Waals surface area contributed by atoms with Crippen molar-refractivity contribution in [2.45, 2.75) is 94.6 Å². The van der Waals surface area contributed by atoms with Crippen LogP contribution in [0.25, 0.3) is 11.1 Å². The highest BCUT2D eigenvalue weighted by Gasteiger charge is 2.48. The summed E-state index contributed by atoms with van der Waals surface area (Å²) < 4.78 is 12.8. The molecular formula is C35H43ClN2O8. The molecule has 2 aromatic carbocycles. The summed E-state index contributed by atoms with van der Waals surface area (Å²) in [6.07, 6.45) is 2.62. The van der Waals surface area contributed by atoms with Gasteiger partial charge in [-0.2, -0.15) is 0 Å². The number of aromatic nitrogens is 1. The molecule has 0 radical (unpaired) electrons. The lowest BCUT2D eigenvalue weighted by Gasteiger charge is -2.24. The number of unbranched alkanes of at least 4 members (excludes halogenated alkanes) is 1. The Kier molecular flexibility index (Phi) is 11.3. The highest BCUT2D eigenvalue weighted by molar-refractivity contribution is 6.31. The van der Waals surface area contributed by atoms with E-state index in [-0.39, 0.29) is 6.54 Å². The number of amides is 1. The summed E-state index contributed by atoms with van der Waals surface area (Å²) in [4.78, 5) is 16.6. The molecule has 0 saturated heterocycles. The zero-order valence-corrected chi connectivity index (χ0v) is 26.7. The molecule has 2 aliphatic rings. The number of halogens is 1. The van der Waals surface area contributed by atoms with E-state index in [0.29, 0.717) is 24.2 Å². The molecule has 4 atom stereocenters. The Morgan fingerprint density at radius 2 is 1.80 bits per heavy atom. The number of nitrogens with one attached hydrogen (secondary N) is 1. The molecule has 248 valence electrons. The predicted molar refractivity (Wildman–Crippen MR) is 172 cm³/mol. The van der Waals surface area contributed by atoms with Crippen LogP contribution in [0.15, 0.2) is 54.9 Å². The first-order valence-electron chi connectivity index (χ1n) is 15.9. The van der Waals surface area contributed by atoms with Crippen LogP contribution in [0.3, 0.4) is 0 Å². The van der Waals surface area contributed by atoms with Crippen molar-refractivity contribution in [1.29, 1.82) is 0 Å². The largest absolute Gasteiger partial charge is 0.490 e. The van der Waals surface area contributed by atoms with Gasteiger partial charge >= 0.3 is 0 Å². The Balaban J connectivity index is 1.14. The Hall–Kier alpha value is -3.09. The van der Waals surface area contributed by atoms with E-state index in [0.717, 1.165) is 77.7 Å². The average Bonchev–Trinajstić information content (AvgIpc) is 4.01. The first-order chi connectivity index (χ1) is 22.1. The van der Waals surface area contributed by atoms with Crippen molar-refractivity contribution in [3.63, 3.8) is 0 Å². The predicted octanol–water partition coefficient (Wildman–Crippen LogP) is 3.33. The van der Waals surface area contributed by atoms with Gasteiger partial charge in [0.2, 0.25) is 0 Å². The zero-order chi connectivity index (χ0) is 32.8. The lowest BCUT2D eigenvalue weighted by molar-refractivity contribution is -0.148. The number of ether oxygens (including phenoxy) is 2. The first-order valence-corrected chi connectivity index (χ1v) is 16.2. The van der Waals surface area contributed by atoms with E-state index in [1.54, 1.807) is 0 Å². The summed E-state index contributed by atoms with van der Waals surface area (Å²) in [5, 5.41) is 51.0. The lowest BCUT2D eigenvalue weighted by atomic mass is 9.96. The van der Waals surface area contributed by atoms with Crippen LogP contribution < -0.4 is 10.1 Å². The summed E-state index contributed by atoms with van der Waals surface area (Å²) in [6.45, 7) is 1.82. The Labute approximate surface area is 274 Å². The normalized spacial score (nSPS) is 18.0. The van der Waals surface area contributed by atoms with Crippen molar-refractivity contribution in [2.24, 2.45) is 0 Å². The van der Waals surface area contributed by atoms with Gasteiger partial charge in [0.25, 0.3) is 5.91 Å². The molecule has 10 nitrogen and oxygen atoms in total. The van der Waals surface area contributed by atoms with Crippen molar-refractivity contribution in [2.75, 3.05) is 13.2 Å². The van der Waals surface area contributed by atoms with E-state index >= 15 is 0 Å². The molecule has 1 amide bonds. The van der Waals surface area contributed by atoms with Crippen LogP contribution in [0.2, 0.25) is 5.02 Å². The molecule has 2 saturated carbocycles. The van der Waals surface area contributed by atoms with Crippen LogP contribution in [0.5, 0.6) is 5.75 Å². The van der Waals surface area contributed by atoms with E-state index in [1.807, 2.05) is 49.6 Å². The lowest BCUT2D eigenvalue weighted by Crippen LogP contribution is -2.51. The third kappa shape index (κ3) is 8.24. The highest BCUT2D eigenvalue weighted by Crippen LogP contribution is 2.53. The summed E-state index contributed by atoms with van der Waals surface area (Å²) in [6, 6.07) is 14.2. The minimum Gasteiger partial charge on any atom is -0.490 e. The Morgan fingerprint density at radius 1 is 1.04 bits per heavy atom. The molecule has 0 aliphatic heterocycles. The number of benzene rings is 2. The van der Waals surface area contributed by atoms with Crippen molar-refractivity contribution in [1.82, 2.24) is 10.3 Å². The van der Waals surface area contributed by atoms with Crippen molar-refractivity contribution in [3.05, 3.63) is 82.1 Å². The van der Waals surface area contributed by atoms with Gasteiger partial charge in [0.1, 0.15) is 24.1 Å². The maximum Gasteiger partial charge on any atom is 0.251 e. The number of para-hydroxylation sites is 1. The SMILES string of the molecule is Cc1cc(COC2(c3cnccc3-c3ccccc3OC3CC3)CC2)c(Cl)cc1CCCCNC(=O)[C@H](O)[C@H](O)[C@@H](O)[C@H](O)CO. The quantitative estimate of drug-likeness (QED) is 0.120. The van der Waals surface area contributed by atoms with Crippen LogP contribution in [-0.4, -0.2) is 80.1 Å². The second kappa shape index (κ2) is 15.2. The van der Waals surface area contributed by atoms with Crippen molar-refractivity contribution in [3.8, 4) is 16.9 Å². The van der Waals surface area contributed by atoms with Crippen LogP contribution in [0, 0.1) is 6.92 Å². The van der Waals surface area contributed by atoms with Gasteiger partial charge < -0.3 is 40.3 Å². The van der Waals surface area contributed by atoms with Crippen LogP contribution in [-0.2, 0) is 28.2 Å². The van der Waals surface area contributed by atoms with Crippen molar-refractivity contribution < 1.29 is 39.8 Å². The highest BCUT2D eigenvalue weighted by atomic mass is 35.5. The summed E-state index contributed by atoms with van der Waals surface area (Å²) in [5.74, 6) is 0.0130. The smallest absolute Gasteiger partial charge is 0.251 e. The Bertz CT molecular complexity index is 1500. The molecule has 0 spiro atoms. The summed E-state index contributed by atoms with van der Waals surface area (Å²) >= 11 is 6.73. The van der Waals surface area contributed by atoms with Crippen LogP contribution >= 0.6 is 11.6 Å². The average molecular weight is 655 g/mol. The van der Waals surface area contributed by atoms with E-state index in [9.17, 15) is 25.2 Å². The molecule has 3 aromatic rings. The van der Waals surface area contributed by atoms with Gasteiger partial charge in [-0.05, 0) is 92.3 Å². The third-order valence-corrected chi connectivity index (χ3v) is 9.07. The number of aryl methyl sites for hydroxylation is 2.